The number of nitrogens with one attached hydrogen (secondary N) is 1. The van der Waals surface area contributed by atoms with Gasteiger partial charge >= 0.3 is 5.96 Å². The Morgan fingerprint density at radius 1 is 0.655 bits per heavy atom. The van der Waals surface area contributed by atoms with Crippen molar-refractivity contribution in [1.29, 1.82) is 0 Å². The zero-order valence-electron chi connectivity index (χ0n) is 20.9. The third kappa shape index (κ3) is 9.72. The van der Waals surface area contributed by atoms with E-state index in [-0.39, 0.29) is 0 Å². The van der Waals surface area contributed by atoms with Crippen LogP contribution in [0.1, 0.15) is 74.7 Å². The molecule has 0 heterocycles. The molecule has 0 unspecified atom stereocenters. The minimum Gasteiger partial charge on any atom is -0.343 e. The summed E-state index contributed by atoms with van der Waals surface area (Å²) in [4.78, 5) is 12.2. The molecule has 0 aliphatic rings. The molecule has 0 rings (SSSR count). The Kier molecular flexibility index (Phi) is 16.5. The summed E-state index contributed by atoms with van der Waals surface area (Å²) >= 11 is 0. The SMILES string of the molecule is CCN(CC)C(=NCCCCCNC(N(CC)CC)=[N+](CC)CC)N(CC)CC. The van der Waals surface area contributed by atoms with Crippen molar-refractivity contribution in [2.75, 3.05) is 65.4 Å². The van der Waals surface area contributed by atoms with Crippen LogP contribution in [0.25, 0.3) is 0 Å². The van der Waals surface area contributed by atoms with Gasteiger partial charge in [0.15, 0.2) is 5.96 Å². The van der Waals surface area contributed by atoms with Crippen molar-refractivity contribution in [3.63, 3.8) is 0 Å². The highest BCUT2D eigenvalue weighted by Crippen LogP contribution is 2.03. The lowest BCUT2D eigenvalue weighted by atomic mass is 10.2. The molecular formula is C23H51N6+. The molecule has 0 aromatic rings. The van der Waals surface area contributed by atoms with E-state index in [2.05, 4.69) is 80.0 Å². The van der Waals surface area contributed by atoms with Crippen LogP contribution >= 0.6 is 0 Å². The van der Waals surface area contributed by atoms with E-state index in [4.69, 9.17) is 4.99 Å². The van der Waals surface area contributed by atoms with Gasteiger partial charge in [-0.15, -0.1) is 0 Å². The Bertz CT molecular complexity index is 428. The summed E-state index contributed by atoms with van der Waals surface area (Å²) in [7, 11) is 0. The molecule has 6 heteroatoms. The third-order valence-corrected chi connectivity index (χ3v) is 5.59. The fourth-order valence-electron chi connectivity index (χ4n) is 3.68. The van der Waals surface area contributed by atoms with Gasteiger partial charge in [-0.05, 0) is 74.7 Å². The van der Waals surface area contributed by atoms with Gasteiger partial charge in [-0.3, -0.25) is 19.8 Å². The van der Waals surface area contributed by atoms with Gasteiger partial charge in [0, 0.05) is 32.7 Å². The number of nitrogens with zero attached hydrogens (tertiary/aromatic N) is 5. The Morgan fingerprint density at radius 3 is 1.55 bits per heavy atom. The summed E-state index contributed by atoms with van der Waals surface area (Å²) in [5.74, 6) is 2.47. The maximum Gasteiger partial charge on any atom is 0.348 e. The van der Waals surface area contributed by atoms with Crippen molar-refractivity contribution in [2.24, 2.45) is 4.99 Å². The van der Waals surface area contributed by atoms with E-state index in [1.807, 2.05) is 0 Å². The van der Waals surface area contributed by atoms with Gasteiger partial charge in [-0.25, -0.2) is 0 Å². The van der Waals surface area contributed by atoms with Crippen LogP contribution in [0.4, 0.5) is 0 Å². The van der Waals surface area contributed by atoms with E-state index >= 15 is 0 Å². The van der Waals surface area contributed by atoms with E-state index in [0.717, 1.165) is 71.9 Å². The summed E-state index contributed by atoms with van der Waals surface area (Å²) in [6.07, 6.45) is 3.55. The molecule has 0 aliphatic heterocycles. The highest BCUT2D eigenvalue weighted by molar-refractivity contribution is 5.80. The molecule has 0 fully saturated rings. The van der Waals surface area contributed by atoms with E-state index in [1.54, 1.807) is 0 Å². The average molecular weight is 412 g/mol. The Labute approximate surface area is 182 Å². The summed E-state index contributed by atoms with van der Waals surface area (Å²) in [6.45, 7) is 28.0. The van der Waals surface area contributed by atoms with E-state index < -0.39 is 0 Å². The first kappa shape index (κ1) is 27.5. The van der Waals surface area contributed by atoms with Crippen molar-refractivity contribution < 1.29 is 4.58 Å². The molecule has 0 radical (unpaired) electrons. The van der Waals surface area contributed by atoms with Crippen LogP contribution in [-0.2, 0) is 0 Å². The van der Waals surface area contributed by atoms with Crippen LogP contribution in [0.15, 0.2) is 4.99 Å². The van der Waals surface area contributed by atoms with Crippen LogP contribution in [0, 0.1) is 0 Å². The monoisotopic (exact) mass is 411 g/mol. The molecule has 0 aromatic heterocycles. The minimum absolute atomic E-state index is 0.922. The third-order valence-electron chi connectivity index (χ3n) is 5.59. The molecule has 1 N–H and O–H groups in total. The van der Waals surface area contributed by atoms with Gasteiger partial charge < -0.3 is 9.80 Å². The van der Waals surface area contributed by atoms with Gasteiger partial charge in [-0.2, -0.15) is 0 Å². The second kappa shape index (κ2) is 17.4. The molecule has 0 saturated heterocycles. The number of unbranched alkanes of at least 4 members (excludes halogenated alkanes) is 2. The standard InChI is InChI=1S/C23H50N6/c1-9-26(10-2)22(27(11-3)12-4)24-20-18-17-19-21-25-23(28(13-5)14-6)29(15-7)16-8/h9-21H2,1-8H3/p+1. The fourth-order valence-corrected chi connectivity index (χ4v) is 3.68. The number of hydrogen-bond acceptors (Lipinski definition) is 1. The molecule has 0 saturated carbocycles. The summed E-state index contributed by atoms with van der Waals surface area (Å²) in [5.41, 5.74) is 0. The summed E-state index contributed by atoms with van der Waals surface area (Å²) in [6, 6.07) is 0. The molecule has 0 aliphatic carbocycles. The zero-order valence-corrected chi connectivity index (χ0v) is 20.9. The van der Waals surface area contributed by atoms with Gasteiger partial charge in [0.2, 0.25) is 0 Å². The maximum atomic E-state index is 4.98. The molecule has 0 aromatic carbocycles. The number of aliphatic imine (C=N–C) groups is 1. The minimum atomic E-state index is 0.922. The van der Waals surface area contributed by atoms with Crippen molar-refractivity contribution in [2.45, 2.75) is 74.7 Å². The van der Waals surface area contributed by atoms with Crippen molar-refractivity contribution in [3.05, 3.63) is 0 Å². The topological polar surface area (TPSA) is 37.1 Å². The quantitative estimate of drug-likeness (QED) is 0.205. The number of guanidine groups is 2. The predicted molar refractivity (Wildman–Crippen MR) is 129 cm³/mol. The number of rotatable bonds is 14. The van der Waals surface area contributed by atoms with Crippen molar-refractivity contribution in [1.82, 2.24) is 20.0 Å². The zero-order chi connectivity index (χ0) is 22.1. The number of hydrogen-bond donors (Lipinski definition) is 1. The summed E-state index contributed by atoms with van der Waals surface area (Å²) < 4.78 is 2.43. The molecule has 6 nitrogen and oxygen atoms in total. The second-order valence-corrected chi connectivity index (χ2v) is 7.18. The highest BCUT2D eigenvalue weighted by atomic mass is 15.4. The lowest BCUT2D eigenvalue weighted by molar-refractivity contribution is -0.527. The van der Waals surface area contributed by atoms with Crippen LogP contribution in [-0.4, -0.2) is 96.6 Å². The highest BCUT2D eigenvalue weighted by Gasteiger charge is 2.17. The largest absolute Gasteiger partial charge is 0.348 e. The van der Waals surface area contributed by atoms with E-state index in [0.29, 0.717) is 0 Å². The van der Waals surface area contributed by atoms with E-state index in [1.165, 1.54) is 24.8 Å². The van der Waals surface area contributed by atoms with Crippen LogP contribution in [0.5, 0.6) is 0 Å². The Hall–Kier alpha value is -1.46. The Balaban J connectivity index is 4.64. The lowest BCUT2D eigenvalue weighted by Crippen LogP contribution is -2.47. The first-order valence-electron chi connectivity index (χ1n) is 12.2. The van der Waals surface area contributed by atoms with Crippen LogP contribution in [0.3, 0.4) is 0 Å². The molecule has 172 valence electrons. The predicted octanol–water partition coefficient (Wildman–Crippen LogP) is 3.54. The van der Waals surface area contributed by atoms with Crippen LogP contribution in [0.2, 0.25) is 0 Å². The molecule has 0 amide bonds. The summed E-state index contributed by atoms with van der Waals surface area (Å²) in [5, 5.41) is 3.71. The second-order valence-electron chi connectivity index (χ2n) is 7.18. The van der Waals surface area contributed by atoms with Gasteiger partial charge in [-0.1, -0.05) is 0 Å². The van der Waals surface area contributed by atoms with Crippen molar-refractivity contribution in [3.8, 4) is 0 Å². The molecular weight excluding hydrogens is 360 g/mol. The van der Waals surface area contributed by atoms with Crippen LogP contribution < -0.4 is 5.32 Å². The Morgan fingerprint density at radius 2 is 1.14 bits per heavy atom. The molecule has 29 heavy (non-hydrogen) atoms. The van der Waals surface area contributed by atoms with Gasteiger partial charge in [0.1, 0.15) is 0 Å². The normalized spacial score (nSPS) is 10.5. The molecule has 0 spiro atoms. The van der Waals surface area contributed by atoms with Crippen molar-refractivity contribution >= 4 is 11.9 Å². The van der Waals surface area contributed by atoms with E-state index in [9.17, 15) is 0 Å². The smallest absolute Gasteiger partial charge is 0.343 e. The average Bonchev–Trinajstić information content (AvgIpc) is 2.75. The van der Waals surface area contributed by atoms with Gasteiger partial charge in [0.25, 0.3) is 0 Å². The first-order valence-corrected chi connectivity index (χ1v) is 12.2. The maximum absolute atomic E-state index is 4.98. The first-order chi connectivity index (χ1) is 14.1. The van der Waals surface area contributed by atoms with Gasteiger partial charge in [0.05, 0.1) is 32.7 Å². The fraction of sp³-hybridized carbons (Fsp3) is 0.913. The lowest BCUT2D eigenvalue weighted by Gasteiger charge is -2.32. The molecule has 0 atom stereocenters. The molecule has 0 bridgehead atoms.